The maximum absolute atomic E-state index is 14.9. The van der Waals surface area contributed by atoms with E-state index < -0.39 is 29.4 Å². The fourth-order valence-electron chi connectivity index (χ4n) is 6.26. The Morgan fingerprint density at radius 1 is 1.13 bits per heavy atom. The van der Waals surface area contributed by atoms with Crippen molar-refractivity contribution < 1.29 is 22.7 Å². The number of aliphatic imine (C=N–C) groups is 1. The molecule has 6 nitrogen and oxygen atoms in total. The van der Waals surface area contributed by atoms with Gasteiger partial charge in [0, 0.05) is 31.2 Å². The number of rotatable bonds is 6. The van der Waals surface area contributed by atoms with Crippen LogP contribution in [-0.4, -0.2) is 53.0 Å². The molecule has 2 aliphatic heterocycles. The zero-order valence-electron chi connectivity index (χ0n) is 22.8. The van der Waals surface area contributed by atoms with Crippen LogP contribution in [0.2, 0.25) is 0 Å². The molecule has 1 N–H and O–H groups in total. The highest BCUT2D eigenvalue weighted by molar-refractivity contribution is 6.16. The molecule has 3 aliphatic rings. The number of halogens is 3. The largest absolute Gasteiger partial charge is 0.491 e. The van der Waals surface area contributed by atoms with Gasteiger partial charge in [-0.25, -0.2) is 18.0 Å². The van der Waals surface area contributed by atoms with Gasteiger partial charge in [-0.05, 0) is 82.3 Å². The monoisotopic (exact) mass is 542 g/mol. The van der Waals surface area contributed by atoms with Gasteiger partial charge in [0.25, 0.3) is 5.92 Å². The van der Waals surface area contributed by atoms with Crippen molar-refractivity contribution >= 4 is 17.6 Å². The molecule has 2 heterocycles. The maximum atomic E-state index is 14.9. The normalized spacial score (nSPS) is 27.2. The van der Waals surface area contributed by atoms with Gasteiger partial charge in [-0.3, -0.25) is 9.80 Å². The molecule has 39 heavy (non-hydrogen) atoms. The number of ether oxygens (including phenoxy) is 1. The summed E-state index contributed by atoms with van der Waals surface area (Å²) < 4.78 is 49.8. The first-order chi connectivity index (χ1) is 18.6. The maximum Gasteiger partial charge on any atom is 0.350 e. The molecule has 2 aromatic carbocycles. The Balaban J connectivity index is 1.42. The molecular formula is C30H37F3N4O2. The van der Waals surface area contributed by atoms with Gasteiger partial charge in [-0.2, -0.15) is 4.99 Å². The average Bonchev–Trinajstić information content (AvgIpc) is 3.12. The number of hydrogen-bond acceptors (Lipinski definition) is 4. The number of hydrogen-bond donors (Lipinski definition) is 1. The standard InChI is InChI=1S/C30H37F3N4O2/c1-20(2)39-25-11-6-8-22(16-25)19-36-15-14-29(18-21(36)3)27(34-26-12-4-5-13-30(26,32)33)35-28(38)37(29)24-10-7-9-23(31)17-24/h6-11,16-17,20-21,26H,4-5,12-15,18-19H2,1-3H3,(H,34,35,38)/t21-,26-,29+/m0/s1. The van der Waals surface area contributed by atoms with E-state index in [0.717, 1.165) is 11.3 Å². The molecule has 210 valence electrons. The van der Waals surface area contributed by atoms with Crippen molar-refractivity contribution in [3.63, 3.8) is 0 Å². The average molecular weight is 543 g/mol. The molecule has 2 aromatic rings. The minimum atomic E-state index is -2.88. The Morgan fingerprint density at radius 2 is 1.92 bits per heavy atom. The molecule has 1 saturated heterocycles. The summed E-state index contributed by atoms with van der Waals surface area (Å²) in [7, 11) is 0. The highest BCUT2D eigenvalue weighted by Gasteiger charge is 2.55. The van der Waals surface area contributed by atoms with Gasteiger partial charge in [0.05, 0.1) is 12.1 Å². The Hall–Kier alpha value is -3.07. The van der Waals surface area contributed by atoms with Crippen LogP contribution in [0.4, 0.5) is 23.7 Å². The lowest BCUT2D eigenvalue weighted by Crippen LogP contribution is -2.65. The SMILES string of the molecule is CC(C)Oc1cccc(CN2CC[C@@]3(C[C@@H]2C)C(N[C@H]2CCCCC2(F)F)=NC(=O)N3c2cccc(F)c2)c1. The van der Waals surface area contributed by atoms with E-state index in [9.17, 15) is 18.0 Å². The van der Waals surface area contributed by atoms with Crippen molar-refractivity contribution in [1.82, 2.24) is 10.2 Å². The molecule has 2 amide bonds. The van der Waals surface area contributed by atoms with Gasteiger partial charge in [-0.15, -0.1) is 0 Å². The summed E-state index contributed by atoms with van der Waals surface area (Å²) in [6.07, 6.45) is 2.33. The van der Waals surface area contributed by atoms with Gasteiger partial charge in [-0.1, -0.05) is 24.6 Å². The Kier molecular flexibility index (Phi) is 7.64. The minimum Gasteiger partial charge on any atom is -0.491 e. The number of carbonyl (C=O) groups is 1. The second kappa shape index (κ2) is 10.8. The highest BCUT2D eigenvalue weighted by Crippen LogP contribution is 2.42. The number of nitrogens with zero attached hydrogens (tertiary/aromatic N) is 3. The van der Waals surface area contributed by atoms with Crippen LogP contribution in [0.1, 0.15) is 64.9 Å². The summed E-state index contributed by atoms with van der Waals surface area (Å²) in [6, 6.07) is 12.2. The summed E-state index contributed by atoms with van der Waals surface area (Å²) in [4.78, 5) is 21.5. The van der Waals surface area contributed by atoms with E-state index in [1.54, 1.807) is 12.1 Å². The van der Waals surface area contributed by atoms with E-state index in [-0.39, 0.29) is 24.4 Å². The number of likely N-dealkylation sites (tertiary alicyclic amines) is 1. The van der Waals surface area contributed by atoms with Crippen LogP contribution < -0.4 is 15.0 Å². The fraction of sp³-hybridized carbons (Fsp3) is 0.533. The molecule has 5 rings (SSSR count). The van der Waals surface area contributed by atoms with Crippen molar-refractivity contribution in [2.45, 2.75) is 95.5 Å². The zero-order chi connectivity index (χ0) is 27.8. The van der Waals surface area contributed by atoms with E-state index in [1.165, 1.54) is 17.0 Å². The van der Waals surface area contributed by atoms with E-state index in [4.69, 9.17) is 4.74 Å². The van der Waals surface area contributed by atoms with E-state index in [1.807, 2.05) is 32.0 Å². The van der Waals surface area contributed by atoms with Crippen LogP contribution in [0.25, 0.3) is 0 Å². The molecule has 0 unspecified atom stereocenters. The third-order valence-electron chi connectivity index (χ3n) is 8.13. The predicted octanol–water partition coefficient (Wildman–Crippen LogP) is 6.54. The van der Waals surface area contributed by atoms with Crippen LogP contribution >= 0.6 is 0 Å². The number of urea groups is 1. The second-order valence-electron chi connectivity index (χ2n) is 11.4. The lowest BCUT2D eigenvalue weighted by molar-refractivity contribution is -0.0584. The van der Waals surface area contributed by atoms with Gasteiger partial charge >= 0.3 is 6.03 Å². The van der Waals surface area contributed by atoms with Gasteiger partial charge in [0.15, 0.2) is 0 Å². The third-order valence-corrected chi connectivity index (χ3v) is 8.13. The molecule has 0 aromatic heterocycles. The van der Waals surface area contributed by atoms with E-state index in [0.29, 0.717) is 50.9 Å². The number of benzene rings is 2. The Bertz CT molecular complexity index is 1240. The topological polar surface area (TPSA) is 57.2 Å². The van der Waals surface area contributed by atoms with Crippen molar-refractivity contribution in [2.24, 2.45) is 4.99 Å². The first-order valence-electron chi connectivity index (χ1n) is 13.9. The number of alkyl halides is 2. The van der Waals surface area contributed by atoms with Crippen LogP contribution in [0, 0.1) is 5.82 Å². The number of amides is 2. The number of anilines is 1. The lowest BCUT2D eigenvalue weighted by Gasteiger charge is -2.49. The predicted molar refractivity (Wildman–Crippen MR) is 146 cm³/mol. The van der Waals surface area contributed by atoms with Crippen molar-refractivity contribution in [3.05, 3.63) is 59.9 Å². The molecule has 1 aliphatic carbocycles. The molecule has 2 fully saturated rings. The summed E-state index contributed by atoms with van der Waals surface area (Å²) in [6.45, 7) is 7.35. The Labute approximate surface area is 228 Å². The molecule has 9 heteroatoms. The Morgan fingerprint density at radius 3 is 2.64 bits per heavy atom. The smallest absolute Gasteiger partial charge is 0.350 e. The number of nitrogens with one attached hydrogen (secondary N) is 1. The number of amidine groups is 1. The molecule has 3 atom stereocenters. The molecule has 1 saturated carbocycles. The van der Waals surface area contributed by atoms with Crippen LogP contribution in [0.3, 0.4) is 0 Å². The first-order valence-corrected chi connectivity index (χ1v) is 13.9. The summed E-state index contributed by atoms with van der Waals surface area (Å²) in [5.41, 5.74) is 0.529. The molecule has 0 bridgehead atoms. The summed E-state index contributed by atoms with van der Waals surface area (Å²) >= 11 is 0. The molecular weight excluding hydrogens is 505 g/mol. The van der Waals surface area contributed by atoms with Gasteiger partial charge in [0.1, 0.15) is 22.9 Å². The molecule has 1 spiro atoms. The number of piperidine rings is 1. The quantitative estimate of drug-likeness (QED) is 0.450. The first kappa shape index (κ1) is 27.5. The summed E-state index contributed by atoms with van der Waals surface area (Å²) in [5.74, 6) is -2.26. The van der Waals surface area contributed by atoms with Crippen LogP contribution in [0.5, 0.6) is 5.75 Å². The summed E-state index contributed by atoms with van der Waals surface area (Å²) in [5, 5.41) is 3.03. The number of carbonyl (C=O) groups excluding carboxylic acids is 1. The zero-order valence-corrected chi connectivity index (χ0v) is 22.8. The van der Waals surface area contributed by atoms with Gasteiger partial charge in [0.2, 0.25) is 0 Å². The fourth-order valence-corrected chi connectivity index (χ4v) is 6.26. The van der Waals surface area contributed by atoms with E-state index in [2.05, 4.69) is 28.2 Å². The molecule has 0 radical (unpaired) electrons. The van der Waals surface area contributed by atoms with Crippen molar-refractivity contribution in [2.75, 3.05) is 11.4 Å². The van der Waals surface area contributed by atoms with Crippen LogP contribution in [0.15, 0.2) is 53.5 Å². The van der Waals surface area contributed by atoms with E-state index >= 15 is 0 Å². The van der Waals surface area contributed by atoms with Crippen LogP contribution in [-0.2, 0) is 6.54 Å². The second-order valence-corrected chi connectivity index (χ2v) is 11.4. The van der Waals surface area contributed by atoms with Gasteiger partial charge < -0.3 is 10.1 Å². The lowest BCUT2D eigenvalue weighted by atomic mass is 9.80. The third kappa shape index (κ3) is 5.64. The van der Waals surface area contributed by atoms with Crippen molar-refractivity contribution in [3.8, 4) is 5.75 Å². The van der Waals surface area contributed by atoms with Crippen molar-refractivity contribution in [1.29, 1.82) is 0 Å². The minimum absolute atomic E-state index is 0.00533. The highest BCUT2D eigenvalue weighted by atomic mass is 19.3.